The average Bonchev–Trinajstić information content (AvgIpc) is 2.81. The Balaban J connectivity index is 1.93. The Morgan fingerprint density at radius 3 is 2.69 bits per heavy atom. The fourth-order valence-corrected chi connectivity index (χ4v) is 3.59. The number of para-hydroxylation sites is 1. The lowest BCUT2D eigenvalue weighted by atomic mass is 9.78. The van der Waals surface area contributed by atoms with E-state index in [1.165, 1.54) is 37.8 Å². The third-order valence-electron chi connectivity index (χ3n) is 4.34. The van der Waals surface area contributed by atoms with Crippen molar-refractivity contribution in [3.8, 4) is 0 Å². The summed E-state index contributed by atoms with van der Waals surface area (Å²) in [6.45, 7) is 2.32. The normalized spacial score (nSPS) is 29.8. The number of benzene rings is 1. The van der Waals surface area contributed by atoms with Crippen LogP contribution in [0.4, 0.5) is 5.69 Å². The molecule has 0 amide bonds. The Kier molecular flexibility index (Phi) is 2.62. The van der Waals surface area contributed by atoms with E-state index in [4.69, 9.17) is 0 Å². The fraction of sp³-hybridized carbons (Fsp3) is 0.600. The van der Waals surface area contributed by atoms with E-state index in [0.717, 1.165) is 11.8 Å². The zero-order valence-electron chi connectivity index (χ0n) is 10.1. The van der Waals surface area contributed by atoms with Crippen LogP contribution in [0.2, 0.25) is 0 Å². The van der Waals surface area contributed by atoms with Gasteiger partial charge in [0.2, 0.25) is 0 Å². The minimum atomic E-state index is 0.639. The topological polar surface area (TPSA) is 12.0 Å². The van der Waals surface area contributed by atoms with E-state index in [1.54, 1.807) is 5.56 Å². The number of hydrogen-bond donors (Lipinski definition) is 1. The molecule has 1 heterocycles. The molecular weight excluding hydrogens is 194 g/mol. The molecule has 2 unspecified atom stereocenters. The van der Waals surface area contributed by atoms with E-state index in [0.29, 0.717) is 6.04 Å². The van der Waals surface area contributed by atoms with Crippen molar-refractivity contribution in [2.75, 3.05) is 5.32 Å². The van der Waals surface area contributed by atoms with Gasteiger partial charge in [-0.2, -0.15) is 0 Å². The van der Waals surface area contributed by atoms with E-state index >= 15 is 0 Å². The maximum absolute atomic E-state index is 3.61. The second-order valence-corrected chi connectivity index (χ2v) is 5.52. The number of fused-ring (bicyclic) bond motifs is 1. The second kappa shape index (κ2) is 4.12. The Morgan fingerprint density at radius 2 is 1.88 bits per heavy atom. The van der Waals surface area contributed by atoms with Gasteiger partial charge >= 0.3 is 0 Å². The van der Waals surface area contributed by atoms with Gasteiger partial charge in [0.1, 0.15) is 0 Å². The molecule has 0 saturated heterocycles. The third-order valence-corrected chi connectivity index (χ3v) is 4.34. The molecule has 1 heteroatoms. The molecule has 1 aromatic rings. The van der Waals surface area contributed by atoms with Crippen LogP contribution in [-0.2, 0) is 0 Å². The van der Waals surface area contributed by atoms with Crippen molar-refractivity contribution in [2.45, 2.75) is 51.0 Å². The Labute approximate surface area is 98.3 Å². The quantitative estimate of drug-likeness (QED) is 0.741. The first-order valence-electron chi connectivity index (χ1n) is 6.70. The summed E-state index contributed by atoms with van der Waals surface area (Å²) >= 11 is 0. The Hall–Kier alpha value is -0.980. The monoisotopic (exact) mass is 215 g/mol. The lowest BCUT2D eigenvalue weighted by molar-refractivity contribution is 0.389. The highest BCUT2D eigenvalue weighted by atomic mass is 14.9. The van der Waals surface area contributed by atoms with Gasteiger partial charge in [0, 0.05) is 11.7 Å². The van der Waals surface area contributed by atoms with Crippen LogP contribution >= 0.6 is 0 Å². The van der Waals surface area contributed by atoms with Crippen LogP contribution in [0.1, 0.15) is 50.5 Å². The molecule has 1 fully saturated rings. The Morgan fingerprint density at radius 1 is 1.12 bits per heavy atom. The Bertz CT molecular complexity index is 365. The highest BCUT2D eigenvalue weighted by Gasteiger charge is 2.31. The fourth-order valence-electron chi connectivity index (χ4n) is 3.59. The summed E-state index contributed by atoms with van der Waals surface area (Å²) < 4.78 is 0. The summed E-state index contributed by atoms with van der Waals surface area (Å²) in [6, 6.07) is 9.55. The largest absolute Gasteiger partial charge is 0.382 e. The smallest absolute Gasteiger partial charge is 0.0377 e. The summed E-state index contributed by atoms with van der Waals surface area (Å²) in [7, 11) is 0. The summed E-state index contributed by atoms with van der Waals surface area (Å²) in [5.74, 6) is 1.76. The molecule has 1 nitrogen and oxygen atoms in total. The first-order valence-corrected chi connectivity index (χ1v) is 6.70. The van der Waals surface area contributed by atoms with Gasteiger partial charge in [-0.25, -0.2) is 0 Å². The van der Waals surface area contributed by atoms with E-state index in [2.05, 4.69) is 36.5 Å². The summed E-state index contributed by atoms with van der Waals surface area (Å²) in [6.07, 6.45) is 7.12. The molecule has 2 aliphatic rings. The number of rotatable bonds is 1. The first-order chi connectivity index (χ1) is 7.84. The van der Waals surface area contributed by atoms with Gasteiger partial charge in [-0.1, -0.05) is 31.0 Å². The van der Waals surface area contributed by atoms with Gasteiger partial charge in [-0.05, 0) is 49.7 Å². The number of anilines is 1. The first kappa shape index (κ1) is 10.2. The van der Waals surface area contributed by atoms with Crippen LogP contribution in [0.5, 0.6) is 0 Å². The molecule has 16 heavy (non-hydrogen) atoms. The lowest BCUT2D eigenvalue weighted by Gasteiger charge is -2.34. The molecule has 1 aromatic carbocycles. The van der Waals surface area contributed by atoms with Crippen molar-refractivity contribution >= 4 is 5.69 Å². The summed E-state index contributed by atoms with van der Waals surface area (Å²) in [5, 5.41) is 3.61. The van der Waals surface area contributed by atoms with E-state index < -0.39 is 0 Å². The van der Waals surface area contributed by atoms with Crippen molar-refractivity contribution in [1.82, 2.24) is 0 Å². The van der Waals surface area contributed by atoms with Gasteiger partial charge in [0.15, 0.2) is 0 Å². The van der Waals surface area contributed by atoms with Crippen LogP contribution in [0.15, 0.2) is 24.3 Å². The minimum Gasteiger partial charge on any atom is -0.382 e. The van der Waals surface area contributed by atoms with Crippen molar-refractivity contribution in [1.29, 1.82) is 0 Å². The van der Waals surface area contributed by atoms with Crippen molar-refractivity contribution in [3.63, 3.8) is 0 Å². The number of nitrogens with one attached hydrogen (secondary N) is 1. The van der Waals surface area contributed by atoms with Crippen molar-refractivity contribution < 1.29 is 0 Å². The molecule has 1 aliphatic heterocycles. The van der Waals surface area contributed by atoms with Gasteiger partial charge in [0.05, 0.1) is 0 Å². The van der Waals surface area contributed by atoms with E-state index in [-0.39, 0.29) is 0 Å². The highest BCUT2D eigenvalue weighted by molar-refractivity contribution is 5.55. The zero-order chi connectivity index (χ0) is 11.0. The predicted octanol–water partition coefficient (Wildman–Crippen LogP) is 4.16. The second-order valence-electron chi connectivity index (χ2n) is 5.52. The molecule has 2 atom stereocenters. The van der Waals surface area contributed by atoms with Crippen LogP contribution < -0.4 is 5.32 Å². The number of hydrogen-bond acceptors (Lipinski definition) is 1. The van der Waals surface area contributed by atoms with Crippen LogP contribution in [0.3, 0.4) is 0 Å². The highest BCUT2D eigenvalue weighted by Crippen LogP contribution is 2.44. The summed E-state index contributed by atoms with van der Waals surface area (Å²) in [4.78, 5) is 0. The maximum Gasteiger partial charge on any atom is 0.0377 e. The molecular formula is C15H21N. The third kappa shape index (κ3) is 1.73. The van der Waals surface area contributed by atoms with E-state index in [1.807, 2.05) is 0 Å². The molecule has 3 rings (SSSR count). The molecule has 0 aromatic heterocycles. The van der Waals surface area contributed by atoms with Crippen LogP contribution in [0.25, 0.3) is 0 Å². The predicted molar refractivity (Wildman–Crippen MR) is 68.8 cm³/mol. The van der Waals surface area contributed by atoms with Gasteiger partial charge in [-0.3, -0.25) is 0 Å². The molecule has 0 spiro atoms. The van der Waals surface area contributed by atoms with Crippen molar-refractivity contribution in [3.05, 3.63) is 29.8 Å². The van der Waals surface area contributed by atoms with Gasteiger partial charge < -0.3 is 5.32 Å². The standard InChI is InChI=1S/C15H21N/c1-11-10-14(12-6-2-3-7-12)13-8-4-5-9-15(13)16-11/h4-5,8-9,11-12,14,16H,2-3,6-7,10H2,1H3. The summed E-state index contributed by atoms with van der Waals surface area (Å²) in [5.41, 5.74) is 2.96. The van der Waals surface area contributed by atoms with Crippen LogP contribution in [-0.4, -0.2) is 6.04 Å². The molecule has 0 bridgehead atoms. The average molecular weight is 215 g/mol. The zero-order valence-corrected chi connectivity index (χ0v) is 10.1. The molecule has 1 saturated carbocycles. The molecule has 1 N–H and O–H groups in total. The van der Waals surface area contributed by atoms with E-state index in [9.17, 15) is 0 Å². The SMILES string of the molecule is CC1CC(C2CCCC2)c2ccccc2N1. The van der Waals surface area contributed by atoms with Crippen LogP contribution in [0, 0.1) is 5.92 Å². The molecule has 86 valence electrons. The molecule has 0 radical (unpaired) electrons. The lowest BCUT2D eigenvalue weighted by Crippen LogP contribution is -2.28. The van der Waals surface area contributed by atoms with Crippen molar-refractivity contribution in [2.24, 2.45) is 5.92 Å². The van der Waals surface area contributed by atoms with Gasteiger partial charge in [-0.15, -0.1) is 0 Å². The molecule has 1 aliphatic carbocycles. The maximum atomic E-state index is 3.61. The van der Waals surface area contributed by atoms with Gasteiger partial charge in [0.25, 0.3) is 0 Å². The minimum absolute atomic E-state index is 0.639.